The molecule has 0 aromatic heterocycles. The first-order valence-electron chi connectivity index (χ1n) is 29.5. The lowest BCUT2D eigenvalue weighted by atomic mass is 10.0. The number of carbonyl (C=O) groups excluding carboxylic acids is 3. The van der Waals surface area contributed by atoms with Crippen LogP contribution in [0.5, 0.6) is 0 Å². The Kier molecular flexibility index (Phi) is 54.2. The average Bonchev–Trinajstić information content (AvgIpc) is 3.33. The summed E-state index contributed by atoms with van der Waals surface area (Å²) in [4.78, 5) is 37.8. The van der Waals surface area contributed by atoms with E-state index in [1.54, 1.807) is 0 Å². The molecule has 0 saturated heterocycles. The van der Waals surface area contributed by atoms with Crippen molar-refractivity contribution in [3.63, 3.8) is 0 Å². The Labute approximate surface area is 416 Å². The van der Waals surface area contributed by atoms with E-state index in [1.165, 1.54) is 205 Å². The molecule has 0 aliphatic heterocycles. The van der Waals surface area contributed by atoms with E-state index in [0.29, 0.717) is 19.3 Å². The maximum Gasteiger partial charge on any atom is 0.306 e. The monoisotopic (exact) mass is 941 g/mol. The van der Waals surface area contributed by atoms with Crippen LogP contribution in [0.3, 0.4) is 0 Å². The van der Waals surface area contributed by atoms with Crippen molar-refractivity contribution in [3.8, 4) is 0 Å². The number of hydrogen-bond acceptors (Lipinski definition) is 6. The molecule has 0 spiro atoms. The van der Waals surface area contributed by atoms with Gasteiger partial charge in [0.15, 0.2) is 6.10 Å². The predicted molar refractivity (Wildman–Crippen MR) is 289 cm³/mol. The molecule has 0 N–H and O–H groups in total. The first-order chi connectivity index (χ1) is 33.0. The molecule has 0 rings (SSSR count). The molecule has 6 heteroatoms. The second kappa shape index (κ2) is 56.2. The SMILES string of the molecule is CCCCCCC/C=C\C/C=C\C/C=C\CCCCCCCCCCCCCCCCCCC(=O)OCC(COC(=O)CCCCCCCC)OC(=O)CCCCCCCCCCCCCC. The maximum absolute atomic E-state index is 12.7. The van der Waals surface area contributed by atoms with Gasteiger partial charge in [0.05, 0.1) is 0 Å². The highest BCUT2D eigenvalue weighted by atomic mass is 16.6. The normalized spacial score (nSPS) is 12.2. The number of hydrogen-bond donors (Lipinski definition) is 0. The molecular weight excluding hydrogens is 829 g/mol. The molecule has 0 fully saturated rings. The van der Waals surface area contributed by atoms with Crippen molar-refractivity contribution in [2.45, 2.75) is 322 Å². The Balaban J connectivity index is 3.94. The molecule has 1 unspecified atom stereocenters. The second-order valence-electron chi connectivity index (χ2n) is 19.9. The summed E-state index contributed by atoms with van der Waals surface area (Å²) in [6.45, 7) is 6.59. The molecular formula is C61H112O6. The van der Waals surface area contributed by atoms with Crippen LogP contribution in [0, 0.1) is 0 Å². The van der Waals surface area contributed by atoms with Crippen molar-refractivity contribution >= 4 is 17.9 Å². The maximum atomic E-state index is 12.7. The fourth-order valence-corrected chi connectivity index (χ4v) is 8.69. The van der Waals surface area contributed by atoms with Gasteiger partial charge >= 0.3 is 17.9 Å². The molecule has 0 radical (unpaired) electrons. The van der Waals surface area contributed by atoms with E-state index in [1.807, 2.05) is 0 Å². The summed E-state index contributed by atoms with van der Waals surface area (Å²) in [5, 5.41) is 0. The second-order valence-corrected chi connectivity index (χ2v) is 19.9. The van der Waals surface area contributed by atoms with E-state index < -0.39 is 6.10 Å². The fraction of sp³-hybridized carbons (Fsp3) is 0.852. The third-order valence-electron chi connectivity index (χ3n) is 13.1. The van der Waals surface area contributed by atoms with Crippen molar-refractivity contribution in [3.05, 3.63) is 36.5 Å². The van der Waals surface area contributed by atoms with Crippen LogP contribution >= 0.6 is 0 Å². The van der Waals surface area contributed by atoms with Crippen LogP contribution in [0.2, 0.25) is 0 Å². The molecule has 0 saturated carbocycles. The van der Waals surface area contributed by atoms with Crippen LogP contribution < -0.4 is 0 Å². The van der Waals surface area contributed by atoms with Gasteiger partial charge < -0.3 is 14.2 Å². The summed E-state index contributed by atoms with van der Waals surface area (Å²) < 4.78 is 16.7. The minimum atomic E-state index is -0.763. The highest BCUT2D eigenvalue weighted by Gasteiger charge is 2.19. The van der Waals surface area contributed by atoms with Gasteiger partial charge in [0.25, 0.3) is 0 Å². The summed E-state index contributed by atoms with van der Waals surface area (Å²) >= 11 is 0. The zero-order chi connectivity index (χ0) is 48.6. The van der Waals surface area contributed by atoms with Gasteiger partial charge in [0.1, 0.15) is 13.2 Å². The summed E-state index contributed by atoms with van der Waals surface area (Å²) in [7, 11) is 0. The summed E-state index contributed by atoms with van der Waals surface area (Å²) in [5.74, 6) is -0.863. The minimum absolute atomic E-state index is 0.0673. The van der Waals surface area contributed by atoms with E-state index in [-0.39, 0.29) is 31.1 Å². The van der Waals surface area contributed by atoms with E-state index in [2.05, 4.69) is 57.2 Å². The molecule has 0 heterocycles. The fourth-order valence-electron chi connectivity index (χ4n) is 8.69. The quantitative estimate of drug-likeness (QED) is 0.0262. The smallest absolute Gasteiger partial charge is 0.306 e. The molecule has 67 heavy (non-hydrogen) atoms. The van der Waals surface area contributed by atoms with Crippen LogP contribution in [0.4, 0.5) is 0 Å². The largest absolute Gasteiger partial charge is 0.462 e. The topological polar surface area (TPSA) is 78.9 Å². The molecule has 6 nitrogen and oxygen atoms in total. The van der Waals surface area contributed by atoms with Gasteiger partial charge in [-0.1, -0.05) is 276 Å². The van der Waals surface area contributed by atoms with Gasteiger partial charge in [-0.15, -0.1) is 0 Å². The average molecular weight is 942 g/mol. The van der Waals surface area contributed by atoms with Gasteiger partial charge in [0.2, 0.25) is 0 Å². The zero-order valence-corrected chi connectivity index (χ0v) is 44.9. The van der Waals surface area contributed by atoms with Crippen LogP contribution in [0.15, 0.2) is 36.5 Å². The van der Waals surface area contributed by atoms with Crippen LogP contribution in [0.25, 0.3) is 0 Å². The highest BCUT2D eigenvalue weighted by Crippen LogP contribution is 2.17. The summed E-state index contributed by atoms with van der Waals surface area (Å²) in [5.41, 5.74) is 0. The van der Waals surface area contributed by atoms with Crippen LogP contribution in [-0.2, 0) is 28.6 Å². The van der Waals surface area contributed by atoms with Crippen molar-refractivity contribution in [1.82, 2.24) is 0 Å². The lowest BCUT2D eigenvalue weighted by molar-refractivity contribution is -0.167. The number of ether oxygens (including phenoxy) is 3. The highest BCUT2D eigenvalue weighted by molar-refractivity contribution is 5.71. The lowest BCUT2D eigenvalue weighted by Gasteiger charge is -2.18. The van der Waals surface area contributed by atoms with Crippen LogP contribution in [-0.4, -0.2) is 37.2 Å². The molecule has 0 aliphatic carbocycles. The molecule has 0 aromatic rings. The van der Waals surface area contributed by atoms with Gasteiger partial charge in [-0.2, -0.15) is 0 Å². The molecule has 0 bridgehead atoms. The molecule has 1 atom stereocenters. The third kappa shape index (κ3) is 54.4. The third-order valence-corrected chi connectivity index (χ3v) is 13.1. The van der Waals surface area contributed by atoms with E-state index in [0.717, 1.165) is 70.6 Å². The molecule has 392 valence electrons. The standard InChI is InChI=1S/C61H112O6/c1-4-7-10-13-16-18-20-22-23-24-25-26-27-28-29-30-31-32-33-34-35-36-37-38-39-40-42-43-45-48-51-54-60(63)66-57-58(56-65-59(62)53-50-47-15-12-9-6-3)67-61(64)55-52-49-46-44-41-21-19-17-14-11-8-5-2/h20,22,24-25,27-28,58H,4-19,21,23,26,29-57H2,1-3H3/b22-20-,25-24-,28-27-. The van der Waals surface area contributed by atoms with E-state index in [4.69, 9.17) is 14.2 Å². The first kappa shape index (κ1) is 64.6. The number of allylic oxidation sites excluding steroid dienone is 6. The number of esters is 3. The predicted octanol–water partition coefficient (Wildman–Crippen LogP) is 19.7. The Morgan fingerprint density at radius 3 is 0.836 bits per heavy atom. The Bertz CT molecular complexity index is 1130. The Morgan fingerprint density at radius 1 is 0.299 bits per heavy atom. The van der Waals surface area contributed by atoms with Crippen molar-refractivity contribution in [2.24, 2.45) is 0 Å². The number of carbonyl (C=O) groups is 3. The van der Waals surface area contributed by atoms with E-state index in [9.17, 15) is 14.4 Å². The molecule has 0 aromatic carbocycles. The molecule has 0 amide bonds. The van der Waals surface area contributed by atoms with Crippen molar-refractivity contribution in [2.75, 3.05) is 13.2 Å². The number of rotatable bonds is 54. The van der Waals surface area contributed by atoms with Gasteiger partial charge in [0, 0.05) is 19.3 Å². The minimum Gasteiger partial charge on any atom is -0.462 e. The summed E-state index contributed by atoms with van der Waals surface area (Å²) in [6, 6.07) is 0. The van der Waals surface area contributed by atoms with Crippen LogP contribution in [0.1, 0.15) is 316 Å². The number of unbranched alkanes of at least 4 members (excludes halogenated alkanes) is 37. The van der Waals surface area contributed by atoms with Gasteiger partial charge in [-0.05, 0) is 57.8 Å². The van der Waals surface area contributed by atoms with Crippen molar-refractivity contribution in [1.29, 1.82) is 0 Å². The molecule has 0 aliphatic rings. The Morgan fingerprint density at radius 2 is 0.537 bits per heavy atom. The lowest BCUT2D eigenvalue weighted by Crippen LogP contribution is -2.30. The Hall–Kier alpha value is -2.37. The van der Waals surface area contributed by atoms with Gasteiger partial charge in [-0.25, -0.2) is 0 Å². The van der Waals surface area contributed by atoms with Crippen molar-refractivity contribution < 1.29 is 28.6 Å². The van der Waals surface area contributed by atoms with Gasteiger partial charge in [-0.3, -0.25) is 14.4 Å². The summed E-state index contributed by atoms with van der Waals surface area (Å²) in [6.07, 6.45) is 67.6. The first-order valence-corrected chi connectivity index (χ1v) is 29.5. The zero-order valence-electron chi connectivity index (χ0n) is 44.9. The van der Waals surface area contributed by atoms with E-state index >= 15 is 0 Å².